The van der Waals surface area contributed by atoms with Crippen molar-refractivity contribution in [3.63, 3.8) is 0 Å². The molecule has 2 rings (SSSR count). The van der Waals surface area contributed by atoms with Gasteiger partial charge < -0.3 is 15.7 Å². The Kier molecular flexibility index (Phi) is 5.47. The number of nitrogens with one attached hydrogen (secondary N) is 2. The van der Waals surface area contributed by atoms with E-state index < -0.39 is 5.97 Å². The van der Waals surface area contributed by atoms with E-state index in [0.717, 1.165) is 12.8 Å². The van der Waals surface area contributed by atoms with Crippen LogP contribution in [0.25, 0.3) is 0 Å². The second kappa shape index (κ2) is 7.13. The molecule has 5 nitrogen and oxygen atoms in total. The lowest BCUT2D eigenvalue weighted by Gasteiger charge is -2.27. The first-order chi connectivity index (χ1) is 9.95. The molecule has 0 bridgehead atoms. The number of carbonyl (C=O) groups is 2. The van der Waals surface area contributed by atoms with Gasteiger partial charge in [-0.1, -0.05) is 18.0 Å². The lowest BCUT2D eigenvalue weighted by molar-refractivity contribution is -0.143. The number of halogens is 2. The van der Waals surface area contributed by atoms with Crippen molar-refractivity contribution in [2.75, 3.05) is 5.32 Å². The average Bonchev–Trinajstić information content (AvgIpc) is 2.42. The van der Waals surface area contributed by atoms with Gasteiger partial charge in [0.2, 0.25) is 0 Å². The molecule has 0 spiro atoms. The Hall–Kier alpha value is -1.27. The summed E-state index contributed by atoms with van der Waals surface area (Å²) in [4.78, 5) is 23.0. The molecule has 1 aliphatic rings. The first kappa shape index (κ1) is 16.1. The quantitative estimate of drug-likeness (QED) is 0.750. The Balaban J connectivity index is 1.91. The van der Waals surface area contributed by atoms with Crippen LogP contribution in [-0.4, -0.2) is 23.1 Å². The van der Waals surface area contributed by atoms with Crippen LogP contribution in [0.2, 0.25) is 5.02 Å². The fourth-order valence-corrected chi connectivity index (χ4v) is 3.26. The van der Waals surface area contributed by atoms with Gasteiger partial charge in [-0.2, -0.15) is 0 Å². The summed E-state index contributed by atoms with van der Waals surface area (Å²) in [5, 5.41) is 15.2. The average molecular weight is 376 g/mol. The molecule has 0 aromatic heterocycles. The molecule has 0 heterocycles. The monoisotopic (exact) mass is 374 g/mol. The second-order valence-corrected chi connectivity index (χ2v) is 6.41. The van der Waals surface area contributed by atoms with Crippen LogP contribution in [0.15, 0.2) is 22.7 Å². The van der Waals surface area contributed by atoms with Gasteiger partial charge in [-0.15, -0.1) is 0 Å². The van der Waals surface area contributed by atoms with Gasteiger partial charge in [-0.25, -0.2) is 4.79 Å². The van der Waals surface area contributed by atoms with E-state index in [4.69, 9.17) is 16.7 Å². The second-order valence-electron chi connectivity index (χ2n) is 5.12. The van der Waals surface area contributed by atoms with E-state index in [0.29, 0.717) is 28.0 Å². The highest BCUT2D eigenvalue weighted by Gasteiger charge is 2.27. The van der Waals surface area contributed by atoms with Gasteiger partial charge in [0.25, 0.3) is 0 Å². The summed E-state index contributed by atoms with van der Waals surface area (Å²) in [6.07, 6.45) is 2.77. The van der Waals surface area contributed by atoms with Crippen LogP contribution in [-0.2, 0) is 4.79 Å². The summed E-state index contributed by atoms with van der Waals surface area (Å²) < 4.78 is 0.692. The first-order valence-electron chi connectivity index (χ1n) is 6.71. The molecule has 1 aromatic carbocycles. The molecule has 0 aliphatic heterocycles. The Labute approximate surface area is 136 Å². The highest BCUT2D eigenvalue weighted by molar-refractivity contribution is 9.10. The Morgan fingerprint density at radius 3 is 2.76 bits per heavy atom. The molecular weight excluding hydrogens is 360 g/mol. The van der Waals surface area contributed by atoms with E-state index in [1.165, 1.54) is 0 Å². The maximum Gasteiger partial charge on any atom is 0.319 e. The third-order valence-electron chi connectivity index (χ3n) is 3.54. The molecule has 3 N–H and O–H groups in total. The van der Waals surface area contributed by atoms with Crippen molar-refractivity contribution in [2.24, 2.45) is 5.92 Å². The molecule has 1 aliphatic carbocycles. The smallest absolute Gasteiger partial charge is 0.319 e. The number of amides is 2. The molecule has 0 radical (unpaired) electrons. The highest BCUT2D eigenvalue weighted by Crippen LogP contribution is 2.27. The number of rotatable bonds is 3. The molecule has 1 saturated carbocycles. The van der Waals surface area contributed by atoms with Crippen LogP contribution in [0.5, 0.6) is 0 Å². The minimum absolute atomic E-state index is 0.106. The standard InChI is InChI=1S/C14H16BrClN2O3/c15-11-7-9(16)4-5-12(11)18-14(21)17-10-3-1-2-8(6-10)13(19)20/h4-5,7-8,10H,1-3,6H2,(H,19,20)(H2,17,18,21). The maximum absolute atomic E-state index is 12.0. The first-order valence-corrected chi connectivity index (χ1v) is 7.88. The summed E-state index contributed by atoms with van der Waals surface area (Å²) in [6.45, 7) is 0. The molecule has 2 amide bonds. The summed E-state index contributed by atoms with van der Waals surface area (Å²) in [5.41, 5.74) is 0.613. The minimum atomic E-state index is -0.789. The fraction of sp³-hybridized carbons (Fsp3) is 0.429. The zero-order valence-corrected chi connectivity index (χ0v) is 13.6. The van der Waals surface area contributed by atoms with Crippen molar-refractivity contribution in [2.45, 2.75) is 31.7 Å². The number of carboxylic acids is 1. The van der Waals surface area contributed by atoms with Gasteiger partial charge >= 0.3 is 12.0 Å². The molecular formula is C14H16BrClN2O3. The van der Waals surface area contributed by atoms with Crippen LogP contribution in [0.4, 0.5) is 10.5 Å². The maximum atomic E-state index is 12.0. The van der Waals surface area contributed by atoms with Gasteiger partial charge in [0, 0.05) is 15.5 Å². The number of carbonyl (C=O) groups excluding carboxylic acids is 1. The van der Waals surface area contributed by atoms with Crippen molar-refractivity contribution in [1.82, 2.24) is 5.32 Å². The Morgan fingerprint density at radius 2 is 2.10 bits per heavy atom. The van der Waals surface area contributed by atoms with E-state index in [9.17, 15) is 9.59 Å². The molecule has 1 fully saturated rings. The Bertz CT molecular complexity index is 553. The highest BCUT2D eigenvalue weighted by atomic mass is 79.9. The molecule has 21 heavy (non-hydrogen) atoms. The van der Waals surface area contributed by atoms with Gasteiger partial charge in [0.05, 0.1) is 11.6 Å². The van der Waals surface area contributed by atoms with Crippen molar-refractivity contribution >= 4 is 45.2 Å². The number of anilines is 1. The summed E-state index contributed by atoms with van der Waals surface area (Å²) in [6, 6.07) is 4.63. The summed E-state index contributed by atoms with van der Waals surface area (Å²) >= 11 is 9.17. The fourth-order valence-electron chi connectivity index (χ4n) is 2.48. The molecule has 2 atom stereocenters. The zero-order valence-electron chi connectivity index (χ0n) is 11.2. The number of hydrogen-bond acceptors (Lipinski definition) is 2. The van der Waals surface area contributed by atoms with Crippen LogP contribution < -0.4 is 10.6 Å². The van der Waals surface area contributed by atoms with Crippen molar-refractivity contribution in [1.29, 1.82) is 0 Å². The molecule has 2 unspecified atom stereocenters. The van der Waals surface area contributed by atoms with Crippen molar-refractivity contribution < 1.29 is 14.7 Å². The zero-order chi connectivity index (χ0) is 15.4. The number of hydrogen-bond donors (Lipinski definition) is 3. The molecule has 1 aromatic rings. The minimum Gasteiger partial charge on any atom is -0.481 e. The summed E-state index contributed by atoms with van der Waals surface area (Å²) in [5.74, 6) is -1.16. The predicted octanol–water partition coefficient (Wildman–Crippen LogP) is 3.87. The lowest BCUT2D eigenvalue weighted by Crippen LogP contribution is -2.42. The van der Waals surface area contributed by atoms with Crippen LogP contribution in [0.1, 0.15) is 25.7 Å². The van der Waals surface area contributed by atoms with Crippen LogP contribution in [0, 0.1) is 5.92 Å². The normalized spacial score (nSPS) is 21.6. The predicted molar refractivity (Wildman–Crippen MR) is 84.7 cm³/mol. The van der Waals surface area contributed by atoms with E-state index in [-0.39, 0.29) is 18.0 Å². The van der Waals surface area contributed by atoms with Crippen molar-refractivity contribution in [3.8, 4) is 0 Å². The topological polar surface area (TPSA) is 78.4 Å². The number of benzene rings is 1. The number of carboxylic acid groups (broad SMARTS) is 1. The largest absolute Gasteiger partial charge is 0.481 e. The van der Waals surface area contributed by atoms with E-state index in [1.807, 2.05) is 0 Å². The van der Waals surface area contributed by atoms with E-state index in [1.54, 1.807) is 18.2 Å². The molecule has 7 heteroatoms. The third-order valence-corrected chi connectivity index (χ3v) is 4.43. The van der Waals surface area contributed by atoms with E-state index >= 15 is 0 Å². The number of urea groups is 1. The van der Waals surface area contributed by atoms with E-state index in [2.05, 4.69) is 26.6 Å². The van der Waals surface area contributed by atoms with Crippen LogP contribution >= 0.6 is 27.5 Å². The van der Waals surface area contributed by atoms with Crippen LogP contribution in [0.3, 0.4) is 0 Å². The molecule has 0 saturated heterocycles. The molecule has 114 valence electrons. The number of aliphatic carboxylic acids is 1. The van der Waals surface area contributed by atoms with Gasteiger partial charge in [-0.3, -0.25) is 4.79 Å². The third kappa shape index (κ3) is 4.61. The van der Waals surface area contributed by atoms with Gasteiger partial charge in [0.15, 0.2) is 0 Å². The lowest BCUT2D eigenvalue weighted by atomic mass is 9.86. The Morgan fingerprint density at radius 1 is 1.33 bits per heavy atom. The van der Waals surface area contributed by atoms with Gasteiger partial charge in [0.1, 0.15) is 0 Å². The van der Waals surface area contributed by atoms with Crippen molar-refractivity contribution in [3.05, 3.63) is 27.7 Å². The van der Waals surface area contributed by atoms with Gasteiger partial charge in [-0.05, 0) is 53.4 Å². The summed E-state index contributed by atoms with van der Waals surface area (Å²) in [7, 11) is 0. The SMILES string of the molecule is O=C(Nc1ccc(Cl)cc1Br)NC1CCCC(C(=O)O)C1.